The van der Waals surface area contributed by atoms with E-state index in [0.29, 0.717) is 31.0 Å². The third kappa shape index (κ3) is 5.74. The topological polar surface area (TPSA) is 75.7 Å². The number of hydrogen-bond donors (Lipinski definition) is 1. The van der Waals surface area contributed by atoms with Crippen molar-refractivity contribution in [1.29, 1.82) is 0 Å². The highest BCUT2D eigenvalue weighted by Crippen LogP contribution is 2.27. The van der Waals surface area contributed by atoms with Crippen LogP contribution in [0.3, 0.4) is 0 Å². The van der Waals surface area contributed by atoms with Crippen LogP contribution in [-0.2, 0) is 21.2 Å². The molecule has 1 heterocycles. The molecule has 162 valence electrons. The Bertz CT molecular complexity index is 946. The van der Waals surface area contributed by atoms with E-state index in [4.69, 9.17) is 16.3 Å². The average molecular weight is 451 g/mol. The molecule has 0 spiro atoms. The predicted molar refractivity (Wildman–Crippen MR) is 117 cm³/mol. The van der Waals surface area contributed by atoms with Gasteiger partial charge in [-0.3, -0.25) is 4.79 Å². The lowest BCUT2D eigenvalue weighted by Crippen LogP contribution is -2.46. The molecule has 0 unspecified atom stereocenters. The van der Waals surface area contributed by atoms with Crippen molar-refractivity contribution in [2.45, 2.75) is 43.0 Å². The first-order valence-electron chi connectivity index (χ1n) is 10.1. The van der Waals surface area contributed by atoms with E-state index in [0.717, 1.165) is 24.2 Å². The second-order valence-corrected chi connectivity index (χ2v) is 9.70. The number of piperidine rings is 1. The fraction of sp³-hybridized carbons (Fsp3) is 0.409. The summed E-state index contributed by atoms with van der Waals surface area (Å²) in [7, 11) is -2.04. The molecular formula is C22H27ClN2O4S. The molecule has 1 amide bonds. The Hall–Kier alpha value is -2.09. The van der Waals surface area contributed by atoms with Crippen LogP contribution in [0.2, 0.25) is 5.02 Å². The molecule has 8 heteroatoms. The number of rotatable bonds is 8. The number of amides is 1. The highest BCUT2D eigenvalue weighted by molar-refractivity contribution is 7.89. The van der Waals surface area contributed by atoms with Gasteiger partial charge in [-0.05, 0) is 61.2 Å². The number of methoxy groups -OCH3 is 1. The quantitative estimate of drug-likeness (QED) is 0.666. The average Bonchev–Trinajstić information content (AvgIpc) is 2.75. The van der Waals surface area contributed by atoms with E-state index in [1.807, 2.05) is 24.3 Å². The van der Waals surface area contributed by atoms with Gasteiger partial charge in [0.25, 0.3) is 0 Å². The van der Waals surface area contributed by atoms with E-state index in [1.165, 1.54) is 16.4 Å². The maximum Gasteiger partial charge on any atom is 0.243 e. The van der Waals surface area contributed by atoms with Gasteiger partial charge in [-0.15, -0.1) is 0 Å². The van der Waals surface area contributed by atoms with Crippen LogP contribution in [-0.4, -0.2) is 44.9 Å². The van der Waals surface area contributed by atoms with Crippen LogP contribution in [0.1, 0.15) is 31.2 Å². The minimum absolute atomic E-state index is 0.133. The van der Waals surface area contributed by atoms with Gasteiger partial charge in [0.15, 0.2) is 0 Å². The smallest absolute Gasteiger partial charge is 0.243 e. The second-order valence-electron chi connectivity index (χ2n) is 7.37. The van der Waals surface area contributed by atoms with Crippen molar-refractivity contribution in [3.8, 4) is 5.75 Å². The molecule has 0 bridgehead atoms. The molecule has 3 rings (SSSR count). The number of carbonyl (C=O) groups is 1. The third-order valence-corrected chi connectivity index (χ3v) is 7.53. The van der Waals surface area contributed by atoms with Gasteiger partial charge in [-0.2, -0.15) is 4.31 Å². The zero-order valence-electron chi connectivity index (χ0n) is 17.0. The molecule has 0 radical (unpaired) electrons. The number of sulfonamides is 1. The summed E-state index contributed by atoms with van der Waals surface area (Å²) in [5.74, 6) is 0.661. The number of nitrogens with one attached hydrogen (secondary N) is 1. The SMILES string of the molecule is COc1ccc(CCNC(=O)C[C@@H]2CCCCN2S(=O)(=O)c2ccc(Cl)cc2)cc1. The Balaban J connectivity index is 1.57. The summed E-state index contributed by atoms with van der Waals surface area (Å²) in [4.78, 5) is 12.7. The first kappa shape index (κ1) is 22.6. The zero-order chi connectivity index (χ0) is 21.6. The number of halogens is 1. The van der Waals surface area contributed by atoms with Gasteiger partial charge in [0.2, 0.25) is 15.9 Å². The fourth-order valence-corrected chi connectivity index (χ4v) is 5.48. The van der Waals surface area contributed by atoms with Crippen molar-refractivity contribution < 1.29 is 17.9 Å². The molecule has 6 nitrogen and oxygen atoms in total. The maximum atomic E-state index is 13.1. The third-order valence-electron chi connectivity index (χ3n) is 5.31. The number of hydrogen-bond acceptors (Lipinski definition) is 4. The van der Waals surface area contributed by atoms with Crippen LogP contribution in [0.15, 0.2) is 53.4 Å². The summed E-state index contributed by atoms with van der Waals surface area (Å²) < 4.78 is 32.8. The van der Waals surface area contributed by atoms with Crippen LogP contribution in [0, 0.1) is 0 Å². The lowest BCUT2D eigenvalue weighted by molar-refractivity contribution is -0.122. The predicted octanol–water partition coefficient (Wildman–Crippen LogP) is 3.64. The van der Waals surface area contributed by atoms with Gasteiger partial charge in [-0.1, -0.05) is 30.2 Å². The molecule has 1 N–H and O–H groups in total. The van der Waals surface area contributed by atoms with Crippen LogP contribution in [0.4, 0.5) is 0 Å². The number of nitrogens with zero attached hydrogens (tertiary/aromatic N) is 1. The van der Waals surface area contributed by atoms with E-state index in [9.17, 15) is 13.2 Å². The highest BCUT2D eigenvalue weighted by Gasteiger charge is 2.34. The highest BCUT2D eigenvalue weighted by atomic mass is 35.5. The fourth-order valence-electron chi connectivity index (χ4n) is 3.66. The maximum absolute atomic E-state index is 13.1. The normalized spacial score (nSPS) is 17.5. The summed E-state index contributed by atoms with van der Waals surface area (Å²) in [5.41, 5.74) is 1.10. The molecule has 2 aromatic rings. The largest absolute Gasteiger partial charge is 0.497 e. The van der Waals surface area contributed by atoms with Crippen molar-refractivity contribution in [3.05, 3.63) is 59.1 Å². The Kier molecular flexibility index (Phi) is 7.75. The molecule has 0 aromatic heterocycles. The van der Waals surface area contributed by atoms with Crippen LogP contribution < -0.4 is 10.1 Å². The summed E-state index contributed by atoms with van der Waals surface area (Å²) in [6, 6.07) is 13.5. The number of benzene rings is 2. The molecule has 1 aliphatic heterocycles. The second kappa shape index (κ2) is 10.3. The molecule has 30 heavy (non-hydrogen) atoms. The van der Waals surface area contributed by atoms with E-state index < -0.39 is 10.0 Å². The monoisotopic (exact) mass is 450 g/mol. The minimum Gasteiger partial charge on any atom is -0.497 e. The van der Waals surface area contributed by atoms with E-state index in [2.05, 4.69) is 5.32 Å². The van der Waals surface area contributed by atoms with Crippen LogP contribution in [0.5, 0.6) is 5.75 Å². The lowest BCUT2D eigenvalue weighted by atomic mass is 10.0. The van der Waals surface area contributed by atoms with Gasteiger partial charge >= 0.3 is 0 Å². The van der Waals surface area contributed by atoms with Crippen molar-refractivity contribution in [2.24, 2.45) is 0 Å². The first-order chi connectivity index (χ1) is 14.4. The number of ether oxygens (including phenoxy) is 1. The Morgan fingerprint density at radius 3 is 2.50 bits per heavy atom. The van der Waals surface area contributed by atoms with Crippen molar-refractivity contribution in [2.75, 3.05) is 20.2 Å². The molecule has 1 aliphatic rings. The summed E-state index contributed by atoms with van der Waals surface area (Å²) in [5, 5.41) is 3.40. The van der Waals surface area contributed by atoms with E-state index in [-0.39, 0.29) is 23.3 Å². The molecule has 0 aliphatic carbocycles. The van der Waals surface area contributed by atoms with Crippen LogP contribution in [0.25, 0.3) is 0 Å². The van der Waals surface area contributed by atoms with Crippen molar-refractivity contribution in [3.63, 3.8) is 0 Å². The van der Waals surface area contributed by atoms with Gasteiger partial charge < -0.3 is 10.1 Å². The van der Waals surface area contributed by atoms with Crippen molar-refractivity contribution >= 4 is 27.5 Å². The zero-order valence-corrected chi connectivity index (χ0v) is 18.6. The first-order valence-corrected chi connectivity index (χ1v) is 11.9. The van der Waals surface area contributed by atoms with Crippen LogP contribution >= 0.6 is 11.6 Å². The summed E-state index contributed by atoms with van der Waals surface area (Å²) >= 11 is 5.89. The van der Waals surface area contributed by atoms with E-state index >= 15 is 0 Å². The molecule has 0 saturated carbocycles. The lowest BCUT2D eigenvalue weighted by Gasteiger charge is -2.34. The molecule has 2 aromatic carbocycles. The van der Waals surface area contributed by atoms with E-state index in [1.54, 1.807) is 19.2 Å². The molecular weight excluding hydrogens is 424 g/mol. The van der Waals surface area contributed by atoms with Gasteiger partial charge in [0.1, 0.15) is 5.75 Å². The van der Waals surface area contributed by atoms with Gasteiger partial charge in [0, 0.05) is 30.6 Å². The Morgan fingerprint density at radius 1 is 1.13 bits per heavy atom. The summed E-state index contributed by atoms with van der Waals surface area (Å²) in [6.07, 6.45) is 3.25. The summed E-state index contributed by atoms with van der Waals surface area (Å²) in [6.45, 7) is 0.927. The van der Waals surface area contributed by atoms with Gasteiger partial charge in [0.05, 0.1) is 12.0 Å². The molecule has 1 saturated heterocycles. The Labute approximate surface area is 183 Å². The van der Waals surface area contributed by atoms with Gasteiger partial charge in [-0.25, -0.2) is 8.42 Å². The molecule has 1 atom stereocenters. The standard InChI is InChI=1S/C22H27ClN2O4S/c1-29-20-9-5-17(6-10-20)13-14-24-22(26)16-19-4-2-3-15-25(19)30(27,28)21-11-7-18(23)8-12-21/h5-12,19H,2-4,13-16H2,1H3,(H,24,26)/t19-/m0/s1. The van der Waals surface area contributed by atoms with Crippen molar-refractivity contribution in [1.82, 2.24) is 9.62 Å². The Morgan fingerprint density at radius 2 is 1.83 bits per heavy atom. The minimum atomic E-state index is -3.66. The number of carbonyl (C=O) groups excluding carboxylic acids is 1. The molecule has 1 fully saturated rings.